The molecule has 0 aliphatic rings. The maximum absolute atomic E-state index is 13.7. The third kappa shape index (κ3) is 6.63. The largest absolute Gasteiger partial charge is 0.493 e. The minimum atomic E-state index is -3.99. The van der Waals surface area contributed by atoms with Crippen LogP contribution >= 0.6 is 0 Å². The van der Waals surface area contributed by atoms with Gasteiger partial charge in [0.15, 0.2) is 11.5 Å². The number of carbonyl (C=O) groups excluding carboxylic acids is 1. The van der Waals surface area contributed by atoms with E-state index in [1.807, 2.05) is 38.1 Å². The first-order valence-electron chi connectivity index (χ1n) is 12.3. The minimum absolute atomic E-state index is 0.130. The SMILES string of the molecule is CCC(NC(=O)CN(c1ccc(C(C)C)cc1)S(=O)(=O)c1ccc(C)cc1)c1ccc(OC)c(OC)c1. The van der Waals surface area contributed by atoms with Gasteiger partial charge in [0.05, 0.1) is 30.8 Å². The van der Waals surface area contributed by atoms with Crippen LogP contribution in [0.3, 0.4) is 0 Å². The molecule has 0 aliphatic carbocycles. The molecule has 1 N–H and O–H groups in total. The van der Waals surface area contributed by atoms with Crippen LogP contribution in [-0.4, -0.2) is 35.1 Å². The molecule has 0 radical (unpaired) electrons. The molecule has 0 fully saturated rings. The van der Waals surface area contributed by atoms with E-state index in [0.717, 1.165) is 16.7 Å². The quantitative estimate of drug-likeness (QED) is 0.353. The summed E-state index contributed by atoms with van der Waals surface area (Å²) in [7, 11) is -0.872. The van der Waals surface area contributed by atoms with E-state index in [2.05, 4.69) is 19.2 Å². The summed E-state index contributed by atoms with van der Waals surface area (Å²) in [6, 6.07) is 19.1. The Morgan fingerprint density at radius 2 is 1.49 bits per heavy atom. The number of benzene rings is 3. The van der Waals surface area contributed by atoms with Gasteiger partial charge in [0.25, 0.3) is 10.0 Å². The normalized spacial score (nSPS) is 12.2. The van der Waals surface area contributed by atoms with E-state index in [-0.39, 0.29) is 17.5 Å². The van der Waals surface area contributed by atoms with E-state index in [4.69, 9.17) is 9.47 Å². The third-order valence-electron chi connectivity index (χ3n) is 6.30. The van der Waals surface area contributed by atoms with E-state index in [0.29, 0.717) is 29.5 Å². The number of methoxy groups -OCH3 is 2. The zero-order valence-electron chi connectivity index (χ0n) is 22.3. The maximum atomic E-state index is 13.7. The zero-order valence-corrected chi connectivity index (χ0v) is 23.1. The van der Waals surface area contributed by atoms with Crippen molar-refractivity contribution in [3.05, 3.63) is 83.4 Å². The van der Waals surface area contributed by atoms with E-state index >= 15 is 0 Å². The fourth-order valence-corrected chi connectivity index (χ4v) is 5.46. The van der Waals surface area contributed by atoms with Crippen molar-refractivity contribution < 1.29 is 22.7 Å². The highest BCUT2D eigenvalue weighted by Gasteiger charge is 2.28. The van der Waals surface area contributed by atoms with Crippen molar-refractivity contribution in [2.45, 2.75) is 51.0 Å². The number of sulfonamides is 1. The Bertz CT molecular complexity index is 1300. The van der Waals surface area contributed by atoms with Crippen molar-refractivity contribution in [3.8, 4) is 11.5 Å². The Hall–Kier alpha value is -3.52. The molecular weight excluding hydrogens is 488 g/mol. The van der Waals surface area contributed by atoms with Gasteiger partial charge in [-0.15, -0.1) is 0 Å². The van der Waals surface area contributed by atoms with Crippen molar-refractivity contribution in [1.29, 1.82) is 0 Å². The summed E-state index contributed by atoms with van der Waals surface area (Å²) in [6.07, 6.45) is 0.606. The summed E-state index contributed by atoms with van der Waals surface area (Å²) in [5.41, 5.74) is 3.30. The van der Waals surface area contributed by atoms with Gasteiger partial charge in [-0.3, -0.25) is 9.10 Å². The van der Waals surface area contributed by atoms with Crippen molar-refractivity contribution in [1.82, 2.24) is 5.32 Å². The van der Waals surface area contributed by atoms with Gasteiger partial charge in [-0.25, -0.2) is 8.42 Å². The van der Waals surface area contributed by atoms with Crippen LogP contribution in [0.2, 0.25) is 0 Å². The summed E-state index contributed by atoms with van der Waals surface area (Å²) < 4.78 is 39.3. The number of hydrogen-bond donors (Lipinski definition) is 1. The number of anilines is 1. The van der Waals surface area contributed by atoms with Gasteiger partial charge in [0, 0.05) is 0 Å². The van der Waals surface area contributed by atoms with Gasteiger partial charge in [-0.2, -0.15) is 0 Å². The number of aryl methyl sites for hydroxylation is 1. The fraction of sp³-hybridized carbons (Fsp3) is 0.345. The summed E-state index contributed by atoms with van der Waals surface area (Å²) >= 11 is 0. The lowest BCUT2D eigenvalue weighted by molar-refractivity contribution is -0.120. The Balaban J connectivity index is 1.92. The van der Waals surface area contributed by atoms with E-state index < -0.39 is 15.9 Å². The van der Waals surface area contributed by atoms with Crippen molar-refractivity contribution >= 4 is 21.6 Å². The number of nitrogens with zero attached hydrogens (tertiary/aromatic N) is 1. The molecule has 1 atom stereocenters. The summed E-state index contributed by atoms with van der Waals surface area (Å²) in [6.45, 7) is 7.63. The minimum Gasteiger partial charge on any atom is -0.493 e. The number of hydrogen-bond acceptors (Lipinski definition) is 5. The molecule has 1 unspecified atom stereocenters. The Kier molecular flexibility index (Phi) is 9.21. The molecule has 0 aromatic heterocycles. The van der Waals surface area contributed by atoms with Gasteiger partial charge < -0.3 is 14.8 Å². The number of carbonyl (C=O) groups is 1. The Labute approximate surface area is 220 Å². The standard InChI is InChI=1S/C29H36N2O5S/c1-7-26(23-12-17-27(35-5)28(18-23)36-6)30-29(32)19-31(24-13-10-22(11-14-24)20(2)3)37(33,34)25-15-8-21(4)9-16-25/h8-18,20,26H,7,19H2,1-6H3,(H,30,32). The van der Waals surface area contributed by atoms with Crippen LogP contribution in [0, 0.1) is 6.92 Å². The van der Waals surface area contributed by atoms with Crippen LogP contribution in [0.1, 0.15) is 55.8 Å². The zero-order chi connectivity index (χ0) is 27.2. The molecule has 1 amide bonds. The van der Waals surface area contributed by atoms with Crippen LogP contribution in [0.4, 0.5) is 5.69 Å². The lowest BCUT2D eigenvalue weighted by Crippen LogP contribution is -2.42. The van der Waals surface area contributed by atoms with Crippen molar-refractivity contribution in [2.75, 3.05) is 25.1 Å². The van der Waals surface area contributed by atoms with Crippen LogP contribution in [0.5, 0.6) is 11.5 Å². The maximum Gasteiger partial charge on any atom is 0.264 e. The highest BCUT2D eigenvalue weighted by molar-refractivity contribution is 7.92. The molecule has 0 bridgehead atoms. The van der Waals surface area contributed by atoms with E-state index in [1.54, 1.807) is 56.7 Å². The predicted molar refractivity (Wildman–Crippen MR) is 147 cm³/mol. The molecule has 3 aromatic carbocycles. The lowest BCUT2D eigenvalue weighted by atomic mass is 10.0. The smallest absolute Gasteiger partial charge is 0.264 e. The summed E-state index contributed by atoms with van der Waals surface area (Å²) in [4.78, 5) is 13.4. The molecule has 0 aliphatic heterocycles. The predicted octanol–water partition coefficient (Wildman–Crippen LogP) is 5.60. The second-order valence-corrected chi connectivity index (χ2v) is 11.1. The number of ether oxygens (including phenoxy) is 2. The first kappa shape index (κ1) is 28.1. The number of rotatable bonds is 11. The second kappa shape index (κ2) is 12.1. The van der Waals surface area contributed by atoms with Crippen molar-refractivity contribution in [2.24, 2.45) is 0 Å². The lowest BCUT2D eigenvalue weighted by Gasteiger charge is -2.26. The van der Waals surface area contributed by atoms with Gasteiger partial charge in [0.1, 0.15) is 6.54 Å². The molecule has 0 spiro atoms. The summed E-state index contributed by atoms with van der Waals surface area (Å²) in [5, 5.41) is 2.99. The van der Waals surface area contributed by atoms with Gasteiger partial charge in [0.2, 0.25) is 5.91 Å². The molecule has 8 heteroatoms. The van der Waals surface area contributed by atoms with Gasteiger partial charge in [-0.05, 0) is 66.8 Å². The van der Waals surface area contributed by atoms with Crippen LogP contribution in [-0.2, 0) is 14.8 Å². The first-order chi connectivity index (χ1) is 17.6. The third-order valence-corrected chi connectivity index (χ3v) is 8.09. The first-order valence-corrected chi connectivity index (χ1v) is 13.7. The van der Waals surface area contributed by atoms with Crippen LogP contribution < -0.4 is 19.1 Å². The average molecular weight is 525 g/mol. The molecule has 3 rings (SSSR count). The molecule has 198 valence electrons. The molecule has 37 heavy (non-hydrogen) atoms. The average Bonchev–Trinajstić information content (AvgIpc) is 2.90. The molecular formula is C29H36N2O5S. The monoisotopic (exact) mass is 524 g/mol. The van der Waals surface area contributed by atoms with Gasteiger partial charge >= 0.3 is 0 Å². The Morgan fingerprint density at radius 1 is 0.892 bits per heavy atom. The molecule has 0 heterocycles. The molecule has 7 nitrogen and oxygen atoms in total. The highest BCUT2D eigenvalue weighted by atomic mass is 32.2. The van der Waals surface area contributed by atoms with Gasteiger partial charge in [-0.1, -0.05) is 56.7 Å². The van der Waals surface area contributed by atoms with E-state index in [1.165, 1.54) is 4.31 Å². The molecule has 0 saturated carbocycles. The topological polar surface area (TPSA) is 84.9 Å². The van der Waals surface area contributed by atoms with Crippen molar-refractivity contribution in [3.63, 3.8) is 0 Å². The number of nitrogens with one attached hydrogen (secondary N) is 1. The van der Waals surface area contributed by atoms with Crippen LogP contribution in [0.15, 0.2) is 71.6 Å². The summed E-state index contributed by atoms with van der Waals surface area (Å²) in [5.74, 6) is 1.03. The fourth-order valence-electron chi connectivity index (χ4n) is 4.04. The van der Waals surface area contributed by atoms with Crippen LogP contribution in [0.25, 0.3) is 0 Å². The number of amides is 1. The highest BCUT2D eigenvalue weighted by Crippen LogP contribution is 2.31. The Morgan fingerprint density at radius 3 is 2.03 bits per heavy atom. The molecule has 0 saturated heterocycles. The van der Waals surface area contributed by atoms with E-state index in [9.17, 15) is 13.2 Å². The molecule has 3 aromatic rings. The second-order valence-electron chi connectivity index (χ2n) is 9.21.